The number of rotatable bonds is 7. The standard InChI is InChI=1S/C19H24N2O4S/c1-14-9-11-16(13-18(14)26(23,24)21(2)3)20-19(22)12-10-15-7-5-6-8-17(15)25-4/h5-9,11,13H,10,12H2,1-4H3,(H,20,22). The summed E-state index contributed by atoms with van der Waals surface area (Å²) in [5.74, 6) is 0.558. The van der Waals surface area contributed by atoms with Crippen molar-refractivity contribution in [2.45, 2.75) is 24.7 Å². The van der Waals surface area contributed by atoms with E-state index in [1.54, 1.807) is 26.2 Å². The Hall–Kier alpha value is -2.38. The maximum atomic E-state index is 12.4. The number of amides is 1. The van der Waals surface area contributed by atoms with Gasteiger partial charge in [-0.3, -0.25) is 4.79 Å². The second-order valence-electron chi connectivity index (χ2n) is 6.13. The predicted octanol–water partition coefficient (Wildman–Crippen LogP) is 2.83. The number of anilines is 1. The van der Waals surface area contributed by atoms with Crippen molar-refractivity contribution in [2.24, 2.45) is 0 Å². The lowest BCUT2D eigenvalue weighted by atomic mass is 10.1. The Bertz CT molecular complexity index is 892. The molecule has 0 fully saturated rings. The summed E-state index contributed by atoms with van der Waals surface area (Å²) in [7, 11) is 0.989. The van der Waals surface area contributed by atoms with E-state index >= 15 is 0 Å². The van der Waals surface area contributed by atoms with Crippen LogP contribution in [0.2, 0.25) is 0 Å². The summed E-state index contributed by atoms with van der Waals surface area (Å²) in [4.78, 5) is 12.4. The van der Waals surface area contributed by atoms with Gasteiger partial charge >= 0.3 is 0 Å². The number of sulfonamides is 1. The molecule has 1 N–H and O–H groups in total. The zero-order valence-electron chi connectivity index (χ0n) is 15.4. The van der Waals surface area contributed by atoms with Gasteiger partial charge in [-0.1, -0.05) is 24.3 Å². The predicted molar refractivity (Wildman–Crippen MR) is 102 cm³/mol. The van der Waals surface area contributed by atoms with Crippen molar-refractivity contribution in [1.82, 2.24) is 4.31 Å². The van der Waals surface area contributed by atoms with Gasteiger partial charge in [0, 0.05) is 26.2 Å². The van der Waals surface area contributed by atoms with E-state index in [4.69, 9.17) is 4.74 Å². The summed E-state index contributed by atoms with van der Waals surface area (Å²) in [6, 6.07) is 12.4. The highest BCUT2D eigenvalue weighted by Crippen LogP contribution is 2.23. The summed E-state index contributed by atoms with van der Waals surface area (Å²) in [5.41, 5.74) is 2.04. The Balaban J connectivity index is 2.10. The molecule has 1 amide bonds. The molecule has 0 saturated heterocycles. The molecule has 0 aliphatic heterocycles. The normalized spacial score (nSPS) is 11.4. The van der Waals surface area contributed by atoms with E-state index in [1.165, 1.54) is 20.2 Å². The number of carbonyl (C=O) groups excluding carboxylic acids is 1. The SMILES string of the molecule is COc1ccccc1CCC(=O)Nc1ccc(C)c(S(=O)(=O)N(C)C)c1. The minimum atomic E-state index is -3.56. The number of ether oxygens (including phenoxy) is 1. The molecular formula is C19H24N2O4S. The van der Waals surface area contributed by atoms with Crippen LogP contribution in [-0.4, -0.2) is 39.8 Å². The van der Waals surface area contributed by atoms with Gasteiger partial charge < -0.3 is 10.1 Å². The molecule has 0 atom stereocenters. The van der Waals surface area contributed by atoms with Crippen molar-refractivity contribution in [3.63, 3.8) is 0 Å². The van der Waals surface area contributed by atoms with Crippen LogP contribution >= 0.6 is 0 Å². The topological polar surface area (TPSA) is 75.7 Å². The van der Waals surface area contributed by atoms with Gasteiger partial charge in [0.1, 0.15) is 5.75 Å². The van der Waals surface area contributed by atoms with Crippen molar-refractivity contribution >= 4 is 21.6 Å². The van der Waals surface area contributed by atoms with Crippen LogP contribution in [0, 0.1) is 6.92 Å². The van der Waals surface area contributed by atoms with Gasteiger partial charge in [0.15, 0.2) is 0 Å². The molecule has 7 heteroatoms. The van der Waals surface area contributed by atoms with E-state index in [0.717, 1.165) is 15.6 Å². The molecule has 0 unspecified atom stereocenters. The lowest BCUT2D eigenvalue weighted by Crippen LogP contribution is -2.23. The molecule has 0 spiro atoms. The van der Waals surface area contributed by atoms with Crippen molar-refractivity contribution in [3.8, 4) is 5.75 Å². The molecule has 0 heterocycles. The average Bonchev–Trinajstić information content (AvgIpc) is 2.61. The number of para-hydroxylation sites is 1. The van der Waals surface area contributed by atoms with Gasteiger partial charge in [0.25, 0.3) is 0 Å². The van der Waals surface area contributed by atoms with Crippen molar-refractivity contribution in [2.75, 3.05) is 26.5 Å². The minimum absolute atomic E-state index is 0.185. The number of aryl methyl sites for hydroxylation is 2. The lowest BCUT2D eigenvalue weighted by molar-refractivity contribution is -0.116. The van der Waals surface area contributed by atoms with Crippen LogP contribution in [0.1, 0.15) is 17.5 Å². The molecule has 140 valence electrons. The molecule has 26 heavy (non-hydrogen) atoms. The number of hydrogen-bond donors (Lipinski definition) is 1. The van der Waals surface area contributed by atoms with Crippen LogP contribution < -0.4 is 10.1 Å². The minimum Gasteiger partial charge on any atom is -0.496 e. The van der Waals surface area contributed by atoms with Crippen LogP contribution in [0.25, 0.3) is 0 Å². The number of benzene rings is 2. The van der Waals surface area contributed by atoms with E-state index in [-0.39, 0.29) is 17.2 Å². The third kappa shape index (κ3) is 4.62. The molecule has 0 saturated carbocycles. The van der Waals surface area contributed by atoms with Crippen LogP contribution in [0.5, 0.6) is 5.75 Å². The number of nitrogens with zero attached hydrogens (tertiary/aromatic N) is 1. The quantitative estimate of drug-likeness (QED) is 0.806. The average molecular weight is 376 g/mol. The first-order valence-electron chi connectivity index (χ1n) is 8.20. The van der Waals surface area contributed by atoms with E-state index in [1.807, 2.05) is 24.3 Å². The molecule has 6 nitrogen and oxygen atoms in total. The zero-order valence-corrected chi connectivity index (χ0v) is 16.3. The van der Waals surface area contributed by atoms with Crippen LogP contribution in [0.15, 0.2) is 47.4 Å². The van der Waals surface area contributed by atoms with Crippen LogP contribution in [-0.2, 0) is 21.2 Å². The first-order valence-corrected chi connectivity index (χ1v) is 9.64. The third-order valence-electron chi connectivity index (χ3n) is 4.04. The zero-order chi connectivity index (χ0) is 19.3. The molecule has 0 aliphatic rings. The van der Waals surface area contributed by atoms with Crippen LogP contribution in [0.4, 0.5) is 5.69 Å². The van der Waals surface area contributed by atoms with Gasteiger partial charge in [0.05, 0.1) is 12.0 Å². The number of methoxy groups -OCH3 is 1. The molecule has 2 aromatic carbocycles. The Morgan fingerprint density at radius 3 is 2.50 bits per heavy atom. The molecule has 0 radical (unpaired) electrons. The van der Waals surface area contributed by atoms with Gasteiger partial charge in [-0.15, -0.1) is 0 Å². The Morgan fingerprint density at radius 1 is 1.15 bits per heavy atom. The second-order valence-corrected chi connectivity index (χ2v) is 8.25. The maximum Gasteiger partial charge on any atom is 0.242 e. The summed E-state index contributed by atoms with van der Waals surface area (Å²) in [6.45, 7) is 1.73. The maximum absolute atomic E-state index is 12.4. The van der Waals surface area contributed by atoms with E-state index in [9.17, 15) is 13.2 Å². The highest BCUT2D eigenvalue weighted by molar-refractivity contribution is 7.89. The van der Waals surface area contributed by atoms with Crippen molar-refractivity contribution in [1.29, 1.82) is 0 Å². The van der Waals surface area contributed by atoms with E-state index in [0.29, 0.717) is 17.7 Å². The monoisotopic (exact) mass is 376 g/mol. The van der Waals surface area contributed by atoms with E-state index < -0.39 is 10.0 Å². The summed E-state index contributed by atoms with van der Waals surface area (Å²) < 4.78 is 31.2. The summed E-state index contributed by atoms with van der Waals surface area (Å²) in [6.07, 6.45) is 0.800. The fraction of sp³-hybridized carbons (Fsp3) is 0.316. The Morgan fingerprint density at radius 2 is 1.85 bits per heavy atom. The van der Waals surface area contributed by atoms with Gasteiger partial charge in [-0.25, -0.2) is 12.7 Å². The second kappa shape index (κ2) is 8.33. The Labute approximate surface area is 154 Å². The fourth-order valence-corrected chi connectivity index (χ4v) is 3.68. The van der Waals surface area contributed by atoms with Gasteiger partial charge in [0.2, 0.25) is 15.9 Å². The smallest absolute Gasteiger partial charge is 0.242 e. The van der Waals surface area contributed by atoms with Crippen molar-refractivity contribution in [3.05, 3.63) is 53.6 Å². The largest absolute Gasteiger partial charge is 0.496 e. The van der Waals surface area contributed by atoms with Gasteiger partial charge in [-0.05, 0) is 42.7 Å². The number of hydrogen-bond acceptors (Lipinski definition) is 4. The third-order valence-corrected chi connectivity index (χ3v) is 6.00. The molecule has 2 rings (SSSR count). The van der Waals surface area contributed by atoms with Crippen LogP contribution in [0.3, 0.4) is 0 Å². The lowest BCUT2D eigenvalue weighted by Gasteiger charge is -2.15. The molecule has 0 aromatic heterocycles. The Kier molecular flexibility index (Phi) is 6.39. The molecule has 2 aromatic rings. The summed E-state index contributed by atoms with van der Waals surface area (Å²) in [5, 5.41) is 2.77. The summed E-state index contributed by atoms with van der Waals surface area (Å²) >= 11 is 0. The molecule has 0 bridgehead atoms. The fourth-order valence-electron chi connectivity index (χ4n) is 2.53. The number of nitrogens with one attached hydrogen (secondary N) is 1. The van der Waals surface area contributed by atoms with E-state index in [2.05, 4.69) is 5.32 Å². The molecular weight excluding hydrogens is 352 g/mol. The van der Waals surface area contributed by atoms with Crippen molar-refractivity contribution < 1.29 is 17.9 Å². The number of carbonyl (C=O) groups is 1. The first-order chi connectivity index (χ1) is 12.3. The highest BCUT2D eigenvalue weighted by atomic mass is 32.2. The highest BCUT2D eigenvalue weighted by Gasteiger charge is 2.20. The first kappa shape index (κ1) is 19.9. The molecule has 0 aliphatic carbocycles. The van der Waals surface area contributed by atoms with Gasteiger partial charge in [-0.2, -0.15) is 0 Å².